The van der Waals surface area contributed by atoms with Crippen molar-refractivity contribution in [1.82, 2.24) is 0 Å². The van der Waals surface area contributed by atoms with Gasteiger partial charge in [-0.3, -0.25) is 0 Å². The standard InChI is InChI=1S/C78H60O6P6/c79-85(61-37-13-1-14-38-61,62-39-15-2-16-40-62)73-74(86(80,63-41-17-3-18-42-63)64-43-19-4-20-44-64)76(88(82,67-49-25-7-26-50-67)68-51-27-8-28-52-68)78(90(84,71-57-33-11-34-58-71)72-59-35-12-36-60-72)77(89(83,69-53-29-9-30-54-69)70-55-31-10-32-56-70)75(73)87(81,65-45-21-5-22-46-65)66-47-23-6-24-48-66/h1-60H. The third-order valence-corrected chi connectivity index (χ3v) is 36.5. The van der Waals surface area contributed by atoms with Gasteiger partial charge in [0.2, 0.25) is 0 Å². The summed E-state index contributed by atoms with van der Waals surface area (Å²) >= 11 is 0. The third-order valence-electron chi connectivity index (χ3n) is 16.7. The van der Waals surface area contributed by atoms with Gasteiger partial charge in [-0.05, 0) is 0 Å². The maximum atomic E-state index is 19.6. The SMILES string of the molecule is O=P(c1ccccc1)(c1ccccc1)c1c(P(=O)(c2ccccc2)c2ccccc2)c(P(=O)(c2ccccc2)c2ccccc2)c(P(=O)(c2ccccc2)c2ccccc2)c(P(=O)(c2ccccc2)c2ccccc2)c1P(=O)(c1ccccc1)c1ccccc1. The van der Waals surface area contributed by atoms with E-state index >= 15 is 27.4 Å². The molecule has 0 fully saturated rings. The van der Waals surface area contributed by atoms with Crippen molar-refractivity contribution in [2.24, 2.45) is 0 Å². The second-order valence-corrected chi connectivity index (χ2v) is 38.0. The van der Waals surface area contributed by atoms with Gasteiger partial charge in [-0.2, -0.15) is 0 Å². The molecule has 0 aliphatic carbocycles. The first-order chi connectivity index (χ1) is 44.0. The molecule has 13 rings (SSSR count). The van der Waals surface area contributed by atoms with Gasteiger partial charge in [0.15, 0.2) is 42.9 Å². The number of hydrogen-bond acceptors (Lipinski definition) is 6. The van der Waals surface area contributed by atoms with Crippen LogP contribution in [-0.2, 0) is 27.4 Å². The fourth-order valence-corrected chi connectivity index (χ4v) is 35.1. The fourth-order valence-electron chi connectivity index (χ4n) is 12.6. The molecule has 13 aromatic carbocycles. The Kier molecular flexibility index (Phi) is 16.9. The highest BCUT2D eigenvalue weighted by Gasteiger charge is 2.58. The van der Waals surface area contributed by atoms with E-state index in [0.29, 0.717) is 0 Å². The molecule has 0 amide bonds. The van der Waals surface area contributed by atoms with E-state index in [-0.39, 0.29) is 95.5 Å². The zero-order valence-electron chi connectivity index (χ0n) is 48.8. The molecule has 0 saturated heterocycles. The van der Waals surface area contributed by atoms with Gasteiger partial charge in [-0.1, -0.05) is 364 Å². The zero-order valence-corrected chi connectivity index (χ0v) is 54.1. The molecule has 0 radical (unpaired) electrons. The molecule has 0 spiro atoms. The van der Waals surface area contributed by atoms with Crippen LogP contribution in [0.15, 0.2) is 364 Å². The van der Waals surface area contributed by atoms with Gasteiger partial charge in [-0.25, -0.2) is 0 Å². The maximum Gasteiger partial charge on any atom is 0.172 e. The Hall–Kier alpha value is -8.76. The van der Waals surface area contributed by atoms with E-state index in [9.17, 15) is 0 Å². The summed E-state index contributed by atoms with van der Waals surface area (Å²) in [6.45, 7) is 0. The molecule has 12 heteroatoms. The van der Waals surface area contributed by atoms with E-state index in [4.69, 9.17) is 0 Å². The summed E-state index contributed by atoms with van der Waals surface area (Å²) in [6.07, 6.45) is 0. The third kappa shape index (κ3) is 10.1. The van der Waals surface area contributed by atoms with Crippen molar-refractivity contribution < 1.29 is 27.4 Å². The average molecular weight is 1280 g/mol. The van der Waals surface area contributed by atoms with Crippen molar-refractivity contribution in [3.05, 3.63) is 364 Å². The minimum Gasteiger partial charge on any atom is -0.309 e. The van der Waals surface area contributed by atoms with Crippen LogP contribution in [0.25, 0.3) is 0 Å². The van der Waals surface area contributed by atoms with E-state index in [0.717, 1.165) is 0 Å². The summed E-state index contributed by atoms with van der Waals surface area (Å²) in [7, 11) is -29.9. The van der Waals surface area contributed by atoms with Gasteiger partial charge in [0.05, 0.1) is 0 Å². The maximum absolute atomic E-state index is 19.6. The van der Waals surface area contributed by atoms with Gasteiger partial charge in [0, 0.05) is 95.5 Å². The van der Waals surface area contributed by atoms with Crippen LogP contribution in [-0.4, -0.2) is 0 Å². The Labute approximate surface area is 526 Å². The molecule has 0 aliphatic rings. The monoisotopic (exact) mass is 1280 g/mol. The molecule has 6 nitrogen and oxygen atoms in total. The molecule has 0 bridgehead atoms. The van der Waals surface area contributed by atoms with Gasteiger partial charge in [0.1, 0.15) is 0 Å². The quantitative estimate of drug-likeness (QED) is 0.0793. The fraction of sp³-hybridized carbons (Fsp3) is 0. The van der Waals surface area contributed by atoms with Gasteiger partial charge < -0.3 is 27.4 Å². The Morgan fingerprint density at radius 1 is 0.111 bits per heavy atom. The minimum absolute atomic E-state index is 0.187. The molecule has 0 aliphatic heterocycles. The lowest BCUT2D eigenvalue weighted by molar-refractivity contribution is 0.588. The first-order valence-electron chi connectivity index (χ1n) is 29.5. The van der Waals surface area contributed by atoms with Crippen molar-refractivity contribution in [3.63, 3.8) is 0 Å². The highest BCUT2D eigenvalue weighted by Crippen LogP contribution is 2.59. The van der Waals surface area contributed by atoms with Crippen LogP contribution in [0.1, 0.15) is 0 Å². The number of benzene rings is 13. The molecule has 0 heterocycles. The second-order valence-electron chi connectivity index (χ2n) is 21.8. The van der Waals surface area contributed by atoms with Crippen LogP contribution in [0.2, 0.25) is 0 Å². The Bertz CT molecular complexity index is 3860. The predicted octanol–water partition coefficient (Wildman–Crippen LogP) is 11.5. The number of rotatable bonds is 18. The first-order valence-corrected chi connectivity index (χ1v) is 39.8. The van der Waals surface area contributed by atoms with Crippen molar-refractivity contribution in [2.45, 2.75) is 0 Å². The van der Waals surface area contributed by atoms with Crippen molar-refractivity contribution in [1.29, 1.82) is 0 Å². The van der Waals surface area contributed by atoms with E-state index in [2.05, 4.69) is 0 Å². The highest BCUT2D eigenvalue weighted by molar-refractivity contribution is 8.00. The second kappa shape index (κ2) is 25.3. The highest BCUT2D eigenvalue weighted by atomic mass is 31.2. The molecule has 0 aromatic heterocycles. The molecule has 0 saturated carbocycles. The summed E-state index contributed by atoms with van der Waals surface area (Å²) in [5.41, 5.74) is 0. The summed E-state index contributed by atoms with van der Waals surface area (Å²) < 4.78 is 118. The summed E-state index contributed by atoms with van der Waals surface area (Å²) in [5, 5.41) is 1.89. The number of hydrogen-bond donors (Lipinski definition) is 0. The molecule has 438 valence electrons. The lowest BCUT2D eigenvalue weighted by atomic mass is 10.3. The van der Waals surface area contributed by atoms with Crippen LogP contribution >= 0.6 is 42.9 Å². The largest absolute Gasteiger partial charge is 0.309 e. The Morgan fingerprint density at radius 2 is 0.178 bits per heavy atom. The molecular formula is C78H60O6P6. The molecule has 0 atom stereocenters. The molecule has 0 N–H and O–H groups in total. The lowest BCUT2D eigenvalue weighted by Gasteiger charge is -2.41. The van der Waals surface area contributed by atoms with E-state index in [1.165, 1.54) is 0 Å². The van der Waals surface area contributed by atoms with E-state index < -0.39 is 42.9 Å². The average Bonchev–Trinajstić information content (AvgIpc) is 0.661. The van der Waals surface area contributed by atoms with Crippen molar-refractivity contribution in [3.8, 4) is 0 Å². The molecule has 13 aromatic rings. The summed E-state index contributed by atoms with van der Waals surface area (Å²) in [4.78, 5) is 0. The predicted molar refractivity (Wildman–Crippen MR) is 383 cm³/mol. The normalized spacial score (nSPS) is 12.3. The van der Waals surface area contributed by atoms with Crippen molar-refractivity contribution >= 4 is 138 Å². The minimum atomic E-state index is -4.98. The lowest BCUT2D eigenvalue weighted by Crippen LogP contribution is -2.66. The zero-order chi connectivity index (χ0) is 61.8. The Balaban J connectivity index is 1.55. The molecule has 0 unspecified atom stereocenters. The summed E-state index contributed by atoms with van der Waals surface area (Å²) in [6, 6.07) is 107. The first kappa shape index (κ1) is 60.2. The van der Waals surface area contributed by atoms with Crippen LogP contribution in [0.5, 0.6) is 0 Å². The van der Waals surface area contributed by atoms with E-state index in [1.807, 2.05) is 72.8 Å². The summed E-state index contributed by atoms with van der Waals surface area (Å²) in [5.74, 6) is 0. The van der Waals surface area contributed by atoms with Crippen LogP contribution in [0.3, 0.4) is 0 Å². The van der Waals surface area contributed by atoms with Crippen LogP contribution < -0.4 is 95.5 Å². The molecule has 90 heavy (non-hydrogen) atoms. The van der Waals surface area contributed by atoms with Crippen LogP contribution in [0, 0.1) is 0 Å². The van der Waals surface area contributed by atoms with Gasteiger partial charge in [-0.15, -0.1) is 0 Å². The molecular weight excluding hydrogens is 1220 g/mol. The van der Waals surface area contributed by atoms with E-state index in [1.54, 1.807) is 291 Å². The smallest absolute Gasteiger partial charge is 0.172 e. The Morgan fingerprint density at radius 3 is 0.244 bits per heavy atom. The topological polar surface area (TPSA) is 102 Å². The van der Waals surface area contributed by atoms with Crippen molar-refractivity contribution in [2.75, 3.05) is 0 Å². The van der Waals surface area contributed by atoms with Gasteiger partial charge >= 0.3 is 0 Å². The van der Waals surface area contributed by atoms with Gasteiger partial charge in [0.25, 0.3) is 0 Å². The van der Waals surface area contributed by atoms with Crippen LogP contribution in [0.4, 0.5) is 0 Å².